The zero-order chi connectivity index (χ0) is 44.2. The standard InChI is InChI=1S/C41H64ClFN6O7Si2/c1-26(25-55-58(13,14)41(8,9)10)48(23-33(50)46-31(28-16-15-17-30(42)35(28)43)20-21-54-57(11,12)40(5,6)7)34(51)24-49-32-19-18-27(45-38(53)56-39(2,3)4)22-29(32)36(47-49)37(44)52/h15-19,22,26,31H,20-21,23-25H2,1-14H3,(H2,44,52)(H,45,53)(H,46,50). The second-order valence-electron chi connectivity index (χ2n) is 18.8. The molecule has 0 aliphatic rings. The fourth-order valence-electron chi connectivity index (χ4n) is 5.46. The molecule has 2 aromatic carbocycles. The lowest BCUT2D eigenvalue weighted by molar-refractivity contribution is -0.139. The quantitative estimate of drug-likeness (QED) is 0.120. The van der Waals surface area contributed by atoms with Gasteiger partial charge < -0.3 is 29.5 Å². The van der Waals surface area contributed by atoms with Gasteiger partial charge in [-0.15, -0.1) is 0 Å². The van der Waals surface area contributed by atoms with Gasteiger partial charge in [-0.3, -0.25) is 24.4 Å². The number of ether oxygens (including phenoxy) is 1. The maximum Gasteiger partial charge on any atom is 0.412 e. The molecule has 0 bridgehead atoms. The number of primary amides is 1. The van der Waals surface area contributed by atoms with Crippen LogP contribution in [0.2, 0.25) is 41.3 Å². The molecule has 0 saturated heterocycles. The van der Waals surface area contributed by atoms with E-state index in [-0.39, 0.29) is 52.5 Å². The van der Waals surface area contributed by atoms with Crippen LogP contribution in [0.25, 0.3) is 10.9 Å². The number of amides is 4. The van der Waals surface area contributed by atoms with Crippen LogP contribution in [-0.2, 0) is 29.7 Å². The molecule has 3 aromatic rings. The van der Waals surface area contributed by atoms with Crippen molar-refractivity contribution >= 4 is 68.6 Å². The first-order valence-corrected chi connectivity index (χ1v) is 25.7. The molecule has 4 amide bonds. The van der Waals surface area contributed by atoms with Crippen LogP contribution < -0.4 is 16.4 Å². The number of aromatic nitrogens is 2. The van der Waals surface area contributed by atoms with Crippen LogP contribution >= 0.6 is 11.6 Å². The van der Waals surface area contributed by atoms with Crippen LogP contribution in [0.3, 0.4) is 0 Å². The summed E-state index contributed by atoms with van der Waals surface area (Å²) >= 11 is 6.19. The van der Waals surface area contributed by atoms with Gasteiger partial charge in [0, 0.05) is 23.2 Å². The molecule has 3 rings (SSSR count). The number of hydrogen-bond acceptors (Lipinski definition) is 8. The highest BCUT2D eigenvalue weighted by Crippen LogP contribution is 2.38. The van der Waals surface area contributed by atoms with Gasteiger partial charge >= 0.3 is 6.09 Å². The third-order valence-electron chi connectivity index (χ3n) is 10.9. The third-order valence-corrected chi connectivity index (χ3v) is 20.3. The summed E-state index contributed by atoms with van der Waals surface area (Å²) in [6.45, 7) is 27.8. The molecule has 0 spiro atoms. The molecule has 2 atom stereocenters. The van der Waals surface area contributed by atoms with E-state index in [0.29, 0.717) is 16.6 Å². The lowest BCUT2D eigenvalue weighted by Gasteiger charge is -2.38. The lowest BCUT2D eigenvalue weighted by atomic mass is 10.0. The molecular formula is C41H64ClFN6O7Si2. The maximum absolute atomic E-state index is 15.5. The summed E-state index contributed by atoms with van der Waals surface area (Å²) < 4.78 is 35.1. The van der Waals surface area contributed by atoms with E-state index in [0.717, 1.165) is 0 Å². The summed E-state index contributed by atoms with van der Waals surface area (Å²) in [6, 6.07) is 7.95. The molecule has 0 fully saturated rings. The highest BCUT2D eigenvalue weighted by molar-refractivity contribution is 6.74. The number of benzene rings is 2. The molecule has 17 heteroatoms. The van der Waals surface area contributed by atoms with Gasteiger partial charge in [0.05, 0.1) is 35.8 Å². The Hall–Kier alpha value is -3.84. The zero-order valence-corrected chi connectivity index (χ0v) is 39.4. The van der Waals surface area contributed by atoms with E-state index in [1.54, 1.807) is 52.0 Å². The first-order valence-electron chi connectivity index (χ1n) is 19.5. The molecule has 322 valence electrons. The van der Waals surface area contributed by atoms with Crippen molar-refractivity contribution in [1.29, 1.82) is 0 Å². The Bertz CT molecular complexity index is 1970. The van der Waals surface area contributed by atoms with Crippen molar-refractivity contribution in [2.24, 2.45) is 5.73 Å². The monoisotopic (exact) mass is 862 g/mol. The van der Waals surface area contributed by atoms with E-state index in [4.69, 9.17) is 30.9 Å². The Kier molecular flexibility index (Phi) is 15.6. The largest absolute Gasteiger partial charge is 0.444 e. The molecule has 0 aliphatic carbocycles. The summed E-state index contributed by atoms with van der Waals surface area (Å²) in [5.74, 6) is -2.52. The summed E-state index contributed by atoms with van der Waals surface area (Å²) in [7, 11) is -4.45. The number of nitrogens with one attached hydrogen (secondary N) is 2. The molecule has 0 saturated carbocycles. The summed E-state index contributed by atoms with van der Waals surface area (Å²) in [4.78, 5) is 54.8. The van der Waals surface area contributed by atoms with Crippen LogP contribution in [0.1, 0.15) is 97.8 Å². The molecular weight excluding hydrogens is 799 g/mol. The third kappa shape index (κ3) is 12.8. The summed E-state index contributed by atoms with van der Waals surface area (Å²) in [5, 5.41) is 10.0. The maximum atomic E-state index is 15.5. The minimum absolute atomic E-state index is 0.0616. The van der Waals surface area contributed by atoms with Gasteiger partial charge in [-0.05, 0) is 94.6 Å². The lowest BCUT2D eigenvalue weighted by Crippen LogP contribution is -2.51. The molecule has 1 aromatic heterocycles. The van der Waals surface area contributed by atoms with E-state index in [2.05, 4.69) is 83.5 Å². The smallest absolute Gasteiger partial charge is 0.412 e. The molecule has 1 heterocycles. The van der Waals surface area contributed by atoms with E-state index in [1.165, 1.54) is 21.7 Å². The topological polar surface area (TPSA) is 167 Å². The molecule has 2 unspecified atom stereocenters. The minimum atomic E-state index is -2.28. The van der Waals surface area contributed by atoms with Gasteiger partial charge in [0.15, 0.2) is 22.3 Å². The van der Waals surface area contributed by atoms with E-state index in [1.807, 2.05) is 0 Å². The highest BCUT2D eigenvalue weighted by atomic mass is 35.5. The Morgan fingerprint density at radius 3 is 2.12 bits per heavy atom. The molecule has 0 aliphatic heterocycles. The van der Waals surface area contributed by atoms with E-state index >= 15 is 4.39 Å². The van der Waals surface area contributed by atoms with E-state index in [9.17, 15) is 19.2 Å². The summed E-state index contributed by atoms with van der Waals surface area (Å²) in [6.07, 6.45) is -0.436. The first kappa shape index (κ1) is 48.5. The van der Waals surface area contributed by atoms with Crippen LogP contribution in [0.15, 0.2) is 36.4 Å². The number of anilines is 1. The van der Waals surface area contributed by atoms with Crippen LogP contribution in [0, 0.1) is 5.82 Å². The van der Waals surface area contributed by atoms with Gasteiger partial charge in [0.2, 0.25) is 11.8 Å². The van der Waals surface area contributed by atoms with Crippen molar-refractivity contribution in [3.05, 3.63) is 58.5 Å². The average molecular weight is 864 g/mol. The first-order chi connectivity index (χ1) is 26.4. The number of carbonyl (C=O) groups is 4. The second-order valence-corrected chi connectivity index (χ2v) is 28.9. The highest BCUT2D eigenvalue weighted by Gasteiger charge is 2.39. The number of hydrogen-bond donors (Lipinski definition) is 3. The fourth-order valence-corrected chi connectivity index (χ4v) is 7.80. The normalized spacial score (nSPS) is 13.9. The van der Waals surface area contributed by atoms with Gasteiger partial charge in [-0.2, -0.15) is 5.10 Å². The minimum Gasteiger partial charge on any atom is -0.444 e. The number of nitrogens with zero attached hydrogens (tertiary/aromatic N) is 3. The van der Waals surface area contributed by atoms with Crippen molar-refractivity contribution in [3.63, 3.8) is 0 Å². The number of nitrogens with two attached hydrogens (primary N) is 1. The molecule has 58 heavy (non-hydrogen) atoms. The van der Waals surface area contributed by atoms with Gasteiger partial charge in [0.1, 0.15) is 18.0 Å². The Morgan fingerprint density at radius 1 is 0.948 bits per heavy atom. The van der Waals surface area contributed by atoms with Crippen molar-refractivity contribution in [1.82, 2.24) is 20.0 Å². The SMILES string of the molecule is CC(CO[Si](C)(C)C(C)(C)C)N(CC(=O)NC(CCO[Si](C)(C)C(C)(C)C)c1cccc(Cl)c1F)C(=O)Cn1nc(C(N)=O)c2cc(NC(=O)OC(C)(C)C)ccc21. The van der Waals surface area contributed by atoms with Crippen molar-refractivity contribution in [2.45, 2.75) is 136 Å². The second kappa shape index (κ2) is 18.6. The number of carbonyl (C=O) groups excluding carboxylic acids is 4. The molecule has 0 radical (unpaired) electrons. The van der Waals surface area contributed by atoms with Crippen LogP contribution in [0.4, 0.5) is 14.9 Å². The van der Waals surface area contributed by atoms with Crippen molar-refractivity contribution in [3.8, 4) is 0 Å². The van der Waals surface area contributed by atoms with Gasteiger partial charge in [-0.1, -0.05) is 65.3 Å². The molecule has 13 nitrogen and oxygen atoms in total. The van der Waals surface area contributed by atoms with Crippen molar-refractivity contribution in [2.75, 3.05) is 25.1 Å². The number of fused-ring (bicyclic) bond motifs is 1. The van der Waals surface area contributed by atoms with Gasteiger partial charge in [-0.25, -0.2) is 9.18 Å². The zero-order valence-electron chi connectivity index (χ0n) is 36.7. The van der Waals surface area contributed by atoms with Gasteiger partial charge in [0.25, 0.3) is 5.91 Å². The Balaban J connectivity index is 1.98. The Morgan fingerprint density at radius 2 is 1.55 bits per heavy atom. The molecule has 4 N–H and O–H groups in total. The number of halogens is 2. The van der Waals surface area contributed by atoms with E-state index < -0.39 is 70.5 Å². The predicted molar refractivity (Wildman–Crippen MR) is 232 cm³/mol. The summed E-state index contributed by atoms with van der Waals surface area (Å²) in [5.41, 5.74) is 5.78. The fraction of sp³-hybridized carbons (Fsp3) is 0.585. The van der Waals surface area contributed by atoms with Crippen molar-refractivity contribution < 1.29 is 37.2 Å². The van der Waals surface area contributed by atoms with Crippen LogP contribution in [0.5, 0.6) is 0 Å². The average Bonchev–Trinajstić information content (AvgIpc) is 3.42. The van der Waals surface area contributed by atoms with Crippen LogP contribution in [-0.4, -0.2) is 86.5 Å². The Labute approximate surface area is 350 Å². The number of rotatable bonds is 16. The predicted octanol–water partition coefficient (Wildman–Crippen LogP) is 8.78.